The maximum atomic E-state index is 12.9. The molecule has 1 aliphatic heterocycles. The SMILES string of the molecule is Fc1ccc(CNC(=S)N2CCc3ccccc3C2)cc1. The summed E-state index contributed by atoms with van der Waals surface area (Å²) in [6, 6.07) is 15.0. The molecule has 21 heavy (non-hydrogen) atoms. The van der Waals surface area contributed by atoms with Gasteiger partial charge in [-0.15, -0.1) is 0 Å². The van der Waals surface area contributed by atoms with E-state index in [1.165, 1.54) is 23.3 Å². The lowest BCUT2D eigenvalue weighted by Gasteiger charge is -2.31. The second kappa shape index (κ2) is 6.22. The van der Waals surface area contributed by atoms with Gasteiger partial charge in [0.05, 0.1) is 0 Å². The Kier molecular flexibility index (Phi) is 4.15. The quantitative estimate of drug-likeness (QED) is 0.857. The van der Waals surface area contributed by atoms with Crippen LogP contribution >= 0.6 is 12.2 Å². The van der Waals surface area contributed by atoms with Crippen LogP contribution in [-0.2, 0) is 19.5 Å². The Labute approximate surface area is 129 Å². The predicted octanol–water partition coefficient (Wildman–Crippen LogP) is 3.26. The molecule has 1 N–H and O–H groups in total. The lowest BCUT2D eigenvalue weighted by Crippen LogP contribution is -2.42. The van der Waals surface area contributed by atoms with Crippen molar-refractivity contribution in [3.63, 3.8) is 0 Å². The second-order valence-electron chi connectivity index (χ2n) is 5.23. The van der Waals surface area contributed by atoms with E-state index < -0.39 is 0 Å². The molecule has 2 aromatic carbocycles. The fraction of sp³-hybridized carbons (Fsp3) is 0.235. The highest BCUT2D eigenvalue weighted by molar-refractivity contribution is 7.80. The van der Waals surface area contributed by atoms with Crippen LogP contribution in [0.3, 0.4) is 0 Å². The van der Waals surface area contributed by atoms with Crippen molar-refractivity contribution in [1.29, 1.82) is 0 Å². The van der Waals surface area contributed by atoms with Crippen LogP contribution in [0.15, 0.2) is 48.5 Å². The van der Waals surface area contributed by atoms with Gasteiger partial charge in [-0.25, -0.2) is 4.39 Å². The molecular formula is C17H17FN2S. The number of benzene rings is 2. The fourth-order valence-electron chi connectivity index (χ4n) is 2.56. The molecule has 0 spiro atoms. The van der Waals surface area contributed by atoms with E-state index in [1.54, 1.807) is 12.1 Å². The van der Waals surface area contributed by atoms with Crippen molar-refractivity contribution in [3.8, 4) is 0 Å². The number of nitrogens with zero attached hydrogens (tertiary/aromatic N) is 1. The minimum atomic E-state index is -0.214. The van der Waals surface area contributed by atoms with E-state index in [4.69, 9.17) is 12.2 Å². The Morgan fingerprint density at radius 2 is 1.81 bits per heavy atom. The van der Waals surface area contributed by atoms with Gasteiger partial charge in [-0.2, -0.15) is 0 Å². The highest BCUT2D eigenvalue weighted by Crippen LogP contribution is 2.18. The summed E-state index contributed by atoms with van der Waals surface area (Å²) in [6.07, 6.45) is 1.02. The maximum absolute atomic E-state index is 12.9. The molecule has 0 fully saturated rings. The number of thiocarbonyl (C=S) groups is 1. The first kappa shape index (κ1) is 14.0. The number of hydrogen-bond acceptors (Lipinski definition) is 1. The molecule has 1 heterocycles. The Bertz CT molecular complexity index is 639. The van der Waals surface area contributed by atoms with Crippen molar-refractivity contribution in [1.82, 2.24) is 10.2 Å². The first-order valence-corrected chi connectivity index (χ1v) is 7.47. The number of fused-ring (bicyclic) bond motifs is 1. The Morgan fingerprint density at radius 3 is 2.57 bits per heavy atom. The summed E-state index contributed by atoms with van der Waals surface area (Å²) < 4.78 is 12.9. The summed E-state index contributed by atoms with van der Waals surface area (Å²) in [5.41, 5.74) is 3.78. The van der Waals surface area contributed by atoms with Gasteiger partial charge in [0.1, 0.15) is 5.82 Å². The van der Waals surface area contributed by atoms with Crippen molar-refractivity contribution in [3.05, 3.63) is 71.0 Å². The van der Waals surface area contributed by atoms with Crippen molar-refractivity contribution in [2.24, 2.45) is 0 Å². The van der Waals surface area contributed by atoms with Crippen LogP contribution in [0, 0.1) is 5.82 Å². The molecular weight excluding hydrogens is 283 g/mol. The molecule has 1 aliphatic rings. The van der Waals surface area contributed by atoms with Crippen LogP contribution < -0.4 is 5.32 Å². The summed E-state index contributed by atoms with van der Waals surface area (Å²) in [4.78, 5) is 2.18. The second-order valence-corrected chi connectivity index (χ2v) is 5.61. The fourth-order valence-corrected chi connectivity index (χ4v) is 2.79. The number of nitrogens with one attached hydrogen (secondary N) is 1. The highest BCUT2D eigenvalue weighted by atomic mass is 32.1. The lowest BCUT2D eigenvalue weighted by molar-refractivity contribution is 0.387. The molecule has 0 saturated carbocycles. The van der Waals surface area contributed by atoms with Crippen LogP contribution in [0.4, 0.5) is 4.39 Å². The Hall–Kier alpha value is -1.94. The molecule has 0 saturated heterocycles. The van der Waals surface area contributed by atoms with Gasteiger partial charge in [-0.1, -0.05) is 36.4 Å². The molecule has 0 unspecified atom stereocenters. The van der Waals surface area contributed by atoms with Gasteiger partial charge in [0.15, 0.2) is 5.11 Å². The van der Waals surface area contributed by atoms with E-state index in [2.05, 4.69) is 34.5 Å². The third-order valence-corrected chi connectivity index (χ3v) is 4.18. The van der Waals surface area contributed by atoms with Crippen molar-refractivity contribution >= 4 is 17.3 Å². The zero-order chi connectivity index (χ0) is 14.7. The van der Waals surface area contributed by atoms with Gasteiger partial charge in [0.2, 0.25) is 0 Å². The molecule has 0 radical (unpaired) electrons. The van der Waals surface area contributed by atoms with E-state index >= 15 is 0 Å². The number of hydrogen-bond donors (Lipinski definition) is 1. The van der Waals surface area contributed by atoms with Crippen molar-refractivity contribution in [2.45, 2.75) is 19.5 Å². The van der Waals surface area contributed by atoms with Gasteiger partial charge >= 0.3 is 0 Å². The minimum Gasteiger partial charge on any atom is -0.358 e. The van der Waals surface area contributed by atoms with Crippen LogP contribution in [0.5, 0.6) is 0 Å². The smallest absolute Gasteiger partial charge is 0.169 e. The van der Waals surface area contributed by atoms with Crippen molar-refractivity contribution in [2.75, 3.05) is 6.54 Å². The number of rotatable bonds is 2. The molecule has 0 amide bonds. The van der Waals surface area contributed by atoms with Gasteiger partial charge < -0.3 is 10.2 Å². The van der Waals surface area contributed by atoms with E-state index in [0.717, 1.165) is 30.2 Å². The molecule has 0 bridgehead atoms. The van der Waals surface area contributed by atoms with Crippen LogP contribution in [0.2, 0.25) is 0 Å². The molecule has 0 atom stereocenters. The highest BCUT2D eigenvalue weighted by Gasteiger charge is 2.17. The summed E-state index contributed by atoms with van der Waals surface area (Å²) in [6.45, 7) is 2.41. The standard InChI is InChI=1S/C17H17FN2S/c18-16-7-5-13(6-8-16)11-19-17(21)20-10-9-14-3-1-2-4-15(14)12-20/h1-8H,9-12H2,(H,19,21). The van der Waals surface area contributed by atoms with E-state index in [1.807, 2.05) is 0 Å². The first-order chi connectivity index (χ1) is 10.2. The molecule has 0 aliphatic carbocycles. The maximum Gasteiger partial charge on any atom is 0.169 e. The summed E-state index contributed by atoms with van der Waals surface area (Å²) in [5, 5.41) is 4.01. The number of halogens is 1. The third-order valence-electron chi connectivity index (χ3n) is 3.77. The lowest BCUT2D eigenvalue weighted by atomic mass is 10.0. The predicted molar refractivity (Wildman–Crippen MR) is 86.4 cm³/mol. The zero-order valence-corrected chi connectivity index (χ0v) is 12.5. The van der Waals surface area contributed by atoms with Crippen LogP contribution in [0.25, 0.3) is 0 Å². The largest absolute Gasteiger partial charge is 0.358 e. The Balaban J connectivity index is 1.58. The monoisotopic (exact) mass is 300 g/mol. The van der Waals surface area contributed by atoms with E-state index in [-0.39, 0.29) is 5.82 Å². The summed E-state index contributed by atoms with van der Waals surface area (Å²) >= 11 is 5.47. The summed E-state index contributed by atoms with van der Waals surface area (Å²) in [7, 11) is 0. The molecule has 3 rings (SSSR count). The van der Waals surface area contributed by atoms with Crippen LogP contribution in [0.1, 0.15) is 16.7 Å². The topological polar surface area (TPSA) is 15.3 Å². The van der Waals surface area contributed by atoms with Crippen molar-refractivity contribution < 1.29 is 4.39 Å². The van der Waals surface area contributed by atoms with E-state index in [0.29, 0.717) is 6.54 Å². The molecule has 2 aromatic rings. The average molecular weight is 300 g/mol. The van der Waals surface area contributed by atoms with Gasteiger partial charge in [0, 0.05) is 19.6 Å². The molecule has 0 aromatic heterocycles. The van der Waals surface area contributed by atoms with Gasteiger partial charge in [-0.05, 0) is 47.5 Å². The van der Waals surface area contributed by atoms with Gasteiger partial charge in [0.25, 0.3) is 0 Å². The minimum absolute atomic E-state index is 0.214. The molecule has 108 valence electrons. The molecule has 2 nitrogen and oxygen atoms in total. The normalized spacial score (nSPS) is 13.7. The zero-order valence-electron chi connectivity index (χ0n) is 11.7. The summed E-state index contributed by atoms with van der Waals surface area (Å²) in [5.74, 6) is -0.214. The van der Waals surface area contributed by atoms with Gasteiger partial charge in [-0.3, -0.25) is 0 Å². The first-order valence-electron chi connectivity index (χ1n) is 7.06. The van der Waals surface area contributed by atoms with Crippen LogP contribution in [-0.4, -0.2) is 16.6 Å². The Morgan fingerprint density at radius 1 is 1.10 bits per heavy atom. The third kappa shape index (κ3) is 3.39. The molecule has 4 heteroatoms. The average Bonchev–Trinajstić information content (AvgIpc) is 2.53. The van der Waals surface area contributed by atoms with E-state index in [9.17, 15) is 4.39 Å².